The maximum absolute atomic E-state index is 11.9. The Labute approximate surface area is 143 Å². The Morgan fingerprint density at radius 1 is 1.25 bits per heavy atom. The third-order valence-corrected chi connectivity index (χ3v) is 4.84. The molecule has 0 spiro atoms. The molecule has 0 saturated carbocycles. The van der Waals surface area contributed by atoms with Crippen molar-refractivity contribution < 1.29 is 13.9 Å². The van der Waals surface area contributed by atoms with E-state index in [0.29, 0.717) is 24.0 Å². The molecule has 5 heteroatoms. The quantitative estimate of drug-likeness (QED) is 0.516. The Kier molecular flexibility index (Phi) is 4.81. The number of hydrogen-bond acceptors (Lipinski definition) is 5. The number of fused-ring (bicyclic) bond motifs is 1. The fourth-order valence-corrected chi connectivity index (χ4v) is 3.26. The molecule has 0 aliphatic carbocycles. The van der Waals surface area contributed by atoms with Crippen molar-refractivity contribution in [1.29, 1.82) is 0 Å². The van der Waals surface area contributed by atoms with Crippen LogP contribution in [0.1, 0.15) is 28.7 Å². The molecule has 0 amide bonds. The maximum Gasteiger partial charge on any atom is 0.336 e. The summed E-state index contributed by atoms with van der Waals surface area (Å²) in [5, 5.41) is 4.82. The molecule has 3 aromatic rings. The van der Waals surface area contributed by atoms with Crippen molar-refractivity contribution in [3.8, 4) is 0 Å². The predicted octanol–water partition coefficient (Wildman–Crippen LogP) is 4.15. The summed E-state index contributed by atoms with van der Waals surface area (Å²) >= 11 is 1.61. The van der Waals surface area contributed by atoms with Gasteiger partial charge in [0.15, 0.2) is 0 Å². The van der Waals surface area contributed by atoms with Crippen molar-refractivity contribution in [1.82, 2.24) is 0 Å². The van der Waals surface area contributed by atoms with Gasteiger partial charge in [0.25, 0.3) is 0 Å². The number of aryl methyl sites for hydroxylation is 3. The summed E-state index contributed by atoms with van der Waals surface area (Å²) in [6.07, 6.45) is 0.993. The summed E-state index contributed by atoms with van der Waals surface area (Å²) in [6, 6.07) is 7.26. The van der Waals surface area contributed by atoms with Crippen LogP contribution in [0.5, 0.6) is 0 Å². The number of benzene rings is 1. The normalized spacial score (nSPS) is 10.9. The summed E-state index contributed by atoms with van der Waals surface area (Å²) in [4.78, 5) is 23.7. The lowest BCUT2D eigenvalue weighted by Gasteiger charge is -2.09. The second-order valence-corrected chi connectivity index (χ2v) is 6.55. The minimum atomic E-state index is -0.430. The molecule has 124 valence electrons. The molecule has 0 aliphatic heterocycles. The molecule has 0 saturated heterocycles. The largest absolute Gasteiger partial charge is 0.461 e. The van der Waals surface area contributed by atoms with Crippen molar-refractivity contribution in [2.24, 2.45) is 0 Å². The number of rotatable bonds is 5. The highest BCUT2D eigenvalue weighted by Gasteiger charge is 2.11. The lowest BCUT2D eigenvalue weighted by Crippen LogP contribution is -2.08. The number of hydrogen-bond donors (Lipinski definition) is 0. The van der Waals surface area contributed by atoms with Gasteiger partial charge in [0.2, 0.25) is 0 Å². The zero-order valence-electron chi connectivity index (χ0n) is 13.6. The number of ether oxygens (including phenoxy) is 1. The Morgan fingerprint density at radius 3 is 2.83 bits per heavy atom. The van der Waals surface area contributed by atoms with Crippen LogP contribution >= 0.6 is 11.3 Å². The number of esters is 1. The van der Waals surface area contributed by atoms with E-state index in [2.05, 4.69) is 0 Å². The highest BCUT2D eigenvalue weighted by Crippen LogP contribution is 2.23. The lowest BCUT2D eigenvalue weighted by molar-refractivity contribution is -0.144. The highest BCUT2D eigenvalue weighted by molar-refractivity contribution is 7.07. The number of carbonyl (C=O) groups is 1. The zero-order chi connectivity index (χ0) is 17.1. The van der Waals surface area contributed by atoms with E-state index in [1.165, 1.54) is 6.07 Å². The molecule has 0 bridgehead atoms. The van der Waals surface area contributed by atoms with E-state index >= 15 is 0 Å². The van der Waals surface area contributed by atoms with Crippen LogP contribution in [0.2, 0.25) is 0 Å². The molecule has 4 nitrogen and oxygen atoms in total. The van der Waals surface area contributed by atoms with E-state index in [1.54, 1.807) is 11.3 Å². The fourth-order valence-electron chi connectivity index (χ4n) is 2.56. The Morgan fingerprint density at radius 2 is 2.08 bits per heavy atom. The van der Waals surface area contributed by atoms with Gasteiger partial charge >= 0.3 is 11.6 Å². The van der Waals surface area contributed by atoms with Crippen LogP contribution in [0.25, 0.3) is 11.0 Å². The van der Waals surface area contributed by atoms with Crippen LogP contribution in [0.4, 0.5) is 0 Å². The molecule has 24 heavy (non-hydrogen) atoms. The monoisotopic (exact) mass is 342 g/mol. The topological polar surface area (TPSA) is 56.5 Å². The van der Waals surface area contributed by atoms with Gasteiger partial charge in [0.1, 0.15) is 12.2 Å². The Hall–Kier alpha value is -2.40. The van der Waals surface area contributed by atoms with Gasteiger partial charge in [-0.15, -0.1) is 0 Å². The van der Waals surface area contributed by atoms with E-state index in [-0.39, 0.29) is 12.6 Å². The molecule has 2 heterocycles. The summed E-state index contributed by atoms with van der Waals surface area (Å²) in [7, 11) is 0. The van der Waals surface area contributed by atoms with E-state index in [1.807, 2.05) is 42.8 Å². The molecule has 0 N–H and O–H groups in total. The maximum atomic E-state index is 11.9. The van der Waals surface area contributed by atoms with Crippen molar-refractivity contribution in [2.45, 2.75) is 33.3 Å². The average Bonchev–Trinajstić information content (AvgIpc) is 3.08. The van der Waals surface area contributed by atoms with Gasteiger partial charge in [-0.1, -0.05) is 12.1 Å². The van der Waals surface area contributed by atoms with Crippen molar-refractivity contribution in [3.05, 3.63) is 67.7 Å². The van der Waals surface area contributed by atoms with Gasteiger partial charge < -0.3 is 9.15 Å². The zero-order valence-corrected chi connectivity index (χ0v) is 14.4. The van der Waals surface area contributed by atoms with Gasteiger partial charge in [-0.05, 0) is 53.8 Å². The molecule has 0 aliphatic rings. The van der Waals surface area contributed by atoms with Gasteiger partial charge in [0.05, 0.1) is 0 Å². The second kappa shape index (κ2) is 7.01. The third kappa shape index (κ3) is 3.57. The van der Waals surface area contributed by atoms with Gasteiger partial charge in [-0.25, -0.2) is 4.79 Å². The predicted molar refractivity (Wildman–Crippen MR) is 94.4 cm³/mol. The van der Waals surface area contributed by atoms with Crippen molar-refractivity contribution in [3.63, 3.8) is 0 Å². The molecule has 0 atom stereocenters. The van der Waals surface area contributed by atoms with Gasteiger partial charge in [-0.2, -0.15) is 11.3 Å². The summed E-state index contributed by atoms with van der Waals surface area (Å²) in [5.41, 5.74) is 3.92. The first-order valence-electron chi connectivity index (χ1n) is 7.74. The van der Waals surface area contributed by atoms with Gasteiger partial charge in [-0.3, -0.25) is 4.79 Å². The smallest absolute Gasteiger partial charge is 0.336 e. The minimum absolute atomic E-state index is 0.0765. The lowest BCUT2D eigenvalue weighted by atomic mass is 10.0. The standard InChI is InChI=1S/C19H18O4S/c1-12-3-5-16-15(9-18(21)23-19(16)13(12)2)10-22-17(20)6-4-14-7-8-24-11-14/h3,5,7-9,11H,4,6,10H2,1-2H3. The summed E-state index contributed by atoms with van der Waals surface area (Å²) in [5.74, 6) is -0.272. The van der Waals surface area contributed by atoms with Crippen molar-refractivity contribution in [2.75, 3.05) is 0 Å². The molecular formula is C19H18O4S. The van der Waals surface area contributed by atoms with E-state index in [4.69, 9.17) is 9.15 Å². The fraction of sp³-hybridized carbons (Fsp3) is 0.263. The van der Waals surface area contributed by atoms with E-state index < -0.39 is 5.63 Å². The molecular weight excluding hydrogens is 324 g/mol. The molecule has 0 fully saturated rings. The summed E-state index contributed by atoms with van der Waals surface area (Å²) < 4.78 is 10.7. The first kappa shape index (κ1) is 16.5. The SMILES string of the molecule is Cc1ccc2c(COC(=O)CCc3ccsc3)cc(=O)oc2c1C. The highest BCUT2D eigenvalue weighted by atomic mass is 32.1. The van der Waals surface area contributed by atoms with E-state index in [9.17, 15) is 9.59 Å². The van der Waals surface area contributed by atoms with Crippen LogP contribution in [0, 0.1) is 13.8 Å². The first-order chi connectivity index (χ1) is 11.5. The van der Waals surface area contributed by atoms with Crippen LogP contribution in [-0.4, -0.2) is 5.97 Å². The Balaban J connectivity index is 1.74. The van der Waals surface area contributed by atoms with E-state index in [0.717, 1.165) is 22.1 Å². The first-order valence-corrected chi connectivity index (χ1v) is 8.68. The second-order valence-electron chi connectivity index (χ2n) is 5.77. The number of thiophene rings is 1. The average molecular weight is 342 g/mol. The van der Waals surface area contributed by atoms with Gasteiger partial charge in [0, 0.05) is 23.4 Å². The summed E-state index contributed by atoms with van der Waals surface area (Å²) in [6.45, 7) is 3.95. The molecule has 0 radical (unpaired) electrons. The molecule has 0 unspecified atom stereocenters. The van der Waals surface area contributed by atoms with Crippen LogP contribution in [0.3, 0.4) is 0 Å². The third-order valence-electron chi connectivity index (χ3n) is 4.10. The van der Waals surface area contributed by atoms with Crippen LogP contribution < -0.4 is 5.63 Å². The Bertz CT molecular complexity index is 922. The minimum Gasteiger partial charge on any atom is -0.461 e. The number of carbonyl (C=O) groups excluding carboxylic acids is 1. The molecule has 1 aromatic carbocycles. The van der Waals surface area contributed by atoms with Crippen LogP contribution in [0.15, 0.2) is 44.2 Å². The molecule has 3 rings (SSSR count). The van der Waals surface area contributed by atoms with Crippen LogP contribution in [-0.2, 0) is 22.6 Å². The molecule has 2 aromatic heterocycles. The van der Waals surface area contributed by atoms with Crippen molar-refractivity contribution >= 4 is 28.3 Å².